The predicted molar refractivity (Wildman–Crippen MR) is 61.4 cm³/mol. The number of rotatable bonds is 6. The van der Waals surface area contributed by atoms with Gasteiger partial charge in [-0.05, 0) is 13.0 Å². The number of hydrazine groups is 1. The summed E-state index contributed by atoms with van der Waals surface area (Å²) in [4.78, 5) is 15.0. The summed E-state index contributed by atoms with van der Waals surface area (Å²) in [7, 11) is 0. The first-order valence-corrected chi connectivity index (χ1v) is 5.88. The Morgan fingerprint density at radius 3 is 2.52 bits per heavy atom. The lowest BCUT2D eigenvalue weighted by Gasteiger charge is -2.35. The van der Waals surface area contributed by atoms with Crippen LogP contribution in [0.4, 0.5) is 22.0 Å². The minimum Gasteiger partial charge on any atom is -0.305 e. The highest BCUT2D eigenvalue weighted by Crippen LogP contribution is 2.34. The second kappa shape index (κ2) is 6.35. The number of nitrogens with two attached hydrogens (primary N) is 1. The van der Waals surface area contributed by atoms with Gasteiger partial charge in [-0.1, -0.05) is 11.4 Å². The van der Waals surface area contributed by atoms with E-state index in [-0.39, 0.29) is 13.0 Å². The molecule has 1 amide bonds. The molecule has 6 nitrogen and oxygen atoms in total. The Morgan fingerprint density at radius 1 is 1.52 bits per heavy atom. The van der Waals surface area contributed by atoms with Crippen LogP contribution in [0.5, 0.6) is 0 Å². The summed E-state index contributed by atoms with van der Waals surface area (Å²) in [6, 6.07) is 0. The lowest BCUT2D eigenvalue weighted by atomic mass is 9.97. The molecule has 0 spiro atoms. The van der Waals surface area contributed by atoms with Gasteiger partial charge in [-0.2, -0.15) is 17.6 Å². The molecule has 0 radical (unpaired) electrons. The maximum atomic E-state index is 13.3. The zero-order valence-corrected chi connectivity index (χ0v) is 11.0. The minimum absolute atomic E-state index is 0.231. The molecule has 1 atom stereocenters. The fourth-order valence-corrected chi connectivity index (χ4v) is 1.71. The first-order chi connectivity index (χ1) is 9.65. The average molecular weight is 315 g/mol. The Bertz CT molecular complexity index is 488. The summed E-state index contributed by atoms with van der Waals surface area (Å²) in [5.74, 6) is 1.34. The van der Waals surface area contributed by atoms with Crippen molar-refractivity contribution < 1.29 is 26.8 Å². The molecule has 11 heteroatoms. The number of hydrogen-bond donors (Lipinski definition) is 2. The number of hydrogen-bond acceptors (Lipinski definition) is 4. The maximum absolute atomic E-state index is 13.3. The van der Waals surface area contributed by atoms with E-state index in [0.717, 1.165) is 6.33 Å². The van der Waals surface area contributed by atoms with Crippen molar-refractivity contribution >= 4 is 5.91 Å². The molecule has 0 aliphatic carbocycles. The van der Waals surface area contributed by atoms with Crippen molar-refractivity contribution in [1.82, 2.24) is 20.1 Å². The number of imidazole rings is 1. The summed E-state index contributed by atoms with van der Waals surface area (Å²) >= 11 is 0. The van der Waals surface area contributed by atoms with E-state index in [4.69, 9.17) is 0 Å². The first-order valence-electron chi connectivity index (χ1n) is 5.88. The molecule has 1 heterocycles. The molecule has 3 N–H and O–H groups in total. The fraction of sp³-hybridized carbons (Fsp3) is 0.600. The SMILES string of the molecule is CCCNC(Cn1cncc1F)(C(=O)N(N)F)C(F)(F)F. The highest BCUT2D eigenvalue weighted by Gasteiger charge is 2.62. The van der Waals surface area contributed by atoms with Crippen molar-refractivity contribution in [1.29, 1.82) is 0 Å². The van der Waals surface area contributed by atoms with E-state index in [1.54, 1.807) is 6.92 Å². The normalized spacial score (nSPS) is 14.8. The third kappa shape index (κ3) is 3.47. The smallest absolute Gasteiger partial charge is 0.305 e. The standard InChI is InChI=1S/C10H14F5N5O/c1-2-3-18-9(10(12,13)14,8(21)20(15)16)5-19-6-17-4-7(19)11/h4,6,18H,2-3,5,16H2,1H3. The Morgan fingerprint density at radius 2 is 2.14 bits per heavy atom. The molecule has 120 valence electrons. The number of nitrogens with one attached hydrogen (secondary N) is 1. The van der Waals surface area contributed by atoms with Crippen LogP contribution >= 0.6 is 0 Å². The Hall–Kier alpha value is -1.75. The average Bonchev–Trinajstić information content (AvgIpc) is 2.77. The zero-order chi connectivity index (χ0) is 16.3. The van der Waals surface area contributed by atoms with Gasteiger partial charge < -0.3 is 4.57 Å². The molecular weight excluding hydrogens is 301 g/mol. The summed E-state index contributed by atoms with van der Waals surface area (Å²) in [5.41, 5.74) is -3.39. The highest BCUT2D eigenvalue weighted by atomic mass is 19.4. The molecule has 1 aromatic heterocycles. The van der Waals surface area contributed by atoms with Crippen molar-refractivity contribution in [2.24, 2.45) is 5.84 Å². The molecule has 0 saturated carbocycles. The second-order valence-electron chi connectivity index (χ2n) is 4.29. The van der Waals surface area contributed by atoms with E-state index in [9.17, 15) is 26.8 Å². The van der Waals surface area contributed by atoms with Crippen LogP contribution < -0.4 is 11.2 Å². The van der Waals surface area contributed by atoms with E-state index >= 15 is 0 Å². The molecule has 0 aliphatic heterocycles. The van der Waals surface area contributed by atoms with Gasteiger partial charge in [0.25, 0.3) is 5.91 Å². The van der Waals surface area contributed by atoms with Crippen molar-refractivity contribution in [2.45, 2.75) is 31.6 Å². The van der Waals surface area contributed by atoms with Gasteiger partial charge >= 0.3 is 6.18 Å². The second-order valence-corrected chi connectivity index (χ2v) is 4.29. The maximum Gasteiger partial charge on any atom is 0.417 e. The van der Waals surface area contributed by atoms with E-state index < -0.39 is 35.3 Å². The third-order valence-electron chi connectivity index (χ3n) is 2.79. The van der Waals surface area contributed by atoms with Crippen LogP contribution in [0, 0.1) is 5.95 Å². The van der Waals surface area contributed by atoms with Gasteiger partial charge in [-0.15, -0.1) is 5.23 Å². The summed E-state index contributed by atoms with van der Waals surface area (Å²) in [6.45, 7) is 0.0558. The molecule has 0 aromatic carbocycles. The summed E-state index contributed by atoms with van der Waals surface area (Å²) < 4.78 is 66.7. The minimum atomic E-state index is -5.21. The van der Waals surface area contributed by atoms with E-state index in [0.29, 0.717) is 10.8 Å². The van der Waals surface area contributed by atoms with Crippen LogP contribution in [0.1, 0.15) is 13.3 Å². The Labute approximate surface area is 116 Å². The number of carbonyl (C=O) groups excluding carboxylic acids is 1. The van der Waals surface area contributed by atoms with Crippen LogP contribution in [-0.2, 0) is 11.3 Å². The topological polar surface area (TPSA) is 76.2 Å². The van der Waals surface area contributed by atoms with Crippen LogP contribution in [-0.4, -0.2) is 38.9 Å². The molecule has 0 aliphatic rings. The van der Waals surface area contributed by atoms with Crippen LogP contribution in [0.3, 0.4) is 0 Å². The van der Waals surface area contributed by atoms with Crippen molar-refractivity contribution in [2.75, 3.05) is 6.54 Å². The summed E-state index contributed by atoms with van der Waals surface area (Å²) in [6.07, 6.45) is -3.55. The third-order valence-corrected chi connectivity index (χ3v) is 2.79. The summed E-state index contributed by atoms with van der Waals surface area (Å²) in [5, 5.41) is 0.756. The van der Waals surface area contributed by atoms with E-state index in [2.05, 4.69) is 10.8 Å². The molecule has 0 fully saturated rings. The van der Waals surface area contributed by atoms with Gasteiger partial charge in [0, 0.05) is 0 Å². The number of amides is 1. The number of carbonyl (C=O) groups is 1. The number of nitrogens with zero attached hydrogens (tertiary/aromatic N) is 3. The number of alkyl halides is 3. The van der Waals surface area contributed by atoms with Crippen LogP contribution in [0.15, 0.2) is 12.5 Å². The van der Waals surface area contributed by atoms with Crippen molar-refractivity contribution in [3.8, 4) is 0 Å². The van der Waals surface area contributed by atoms with Crippen molar-refractivity contribution in [3.05, 3.63) is 18.5 Å². The van der Waals surface area contributed by atoms with Crippen molar-refractivity contribution in [3.63, 3.8) is 0 Å². The molecule has 1 aromatic rings. The largest absolute Gasteiger partial charge is 0.417 e. The molecule has 0 saturated heterocycles. The van der Waals surface area contributed by atoms with Gasteiger partial charge in [0.1, 0.15) is 0 Å². The molecule has 1 unspecified atom stereocenters. The quantitative estimate of drug-likeness (QED) is 0.269. The molecule has 1 rings (SSSR count). The van der Waals surface area contributed by atoms with Crippen LogP contribution in [0.25, 0.3) is 0 Å². The van der Waals surface area contributed by atoms with Gasteiger partial charge in [-0.3, -0.25) is 10.1 Å². The fourth-order valence-electron chi connectivity index (χ4n) is 1.71. The van der Waals surface area contributed by atoms with E-state index in [1.165, 1.54) is 0 Å². The number of halogens is 5. The van der Waals surface area contributed by atoms with E-state index in [1.807, 2.05) is 5.32 Å². The lowest BCUT2D eigenvalue weighted by Crippen LogP contribution is -2.68. The highest BCUT2D eigenvalue weighted by molar-refractivity contribution is 5.86. The van der Waals surface area contributed by atoms with Crippen LogP contribution in [0.2, 0.25) is 0 Å². The predicted octanol–water partition coefficient (Wildman–Crippen LogP) is 0.910. The number of aromatic nitrogens is 2. The molecular formula is C10H14F5N5O. The lowest BCUT2D eigenvalue weighted by molar-refractivity contribution is -0.217. The Balaban J connectivity index is 3.29. The zero-order valence-electron chi connectivity index (χ0n) is 11.0. The van der Waals surface area contributed by atoms with Gasteiger partial charge in [0.15, 0.2) is 0 Å². The molecule has 21 heavy (non-hydrogen) atoms. The molecule has 0 bridgehead atoms. The van der Waals surface area contributed by atoms with Gasteiger partial charge in [-0.25, -0.2) is 10.8 Å². The Kier molecular flexibility index (Phi) is 5.23. The first kappa shape index (κ1) is 17.3. The van der Waals surface area contributed by atoms with Gasteiger partial charge in [0.05, 0.1) is 19.1 Å². The monoisotopic (exact) mass is 315 g/mol. The van der Waals surface area contributed by atoms with Gasteiger partial charge in [0.2, 0.25) is 11.5 Å².